The van der Waals surface area contributed by atoms with Crippen LogP contribution in [0, 0.1) is 0 Å². The number of halogens is 1. The first kappa shape index (κ1) is 25.5. The molecule has 0 bridgehead atoms. The third-order valence-electron chi connectivity index (χ3n) is 2.83. The molecule has 0 unspecified atom stereocenters. The lowest BCUT2D eigenvalue weighted by Gasteiger charge is -2.28. The Morgan fingerprint density at radius 1 is 0.867 bits per heavy atom. The molecule has 10 heteroatoms. The van der Waals surface area contributed by atoms with Crippen LogP contribution in [0.15, 0.2) is 12.3 Å². The van der Waals surface area contributed by atoms with Gasteiger partial charge in [0.25, 0.3) is 0 Å². The quantitative estimate of drug-likeness (QED) is 0.579. The van der Waals surface area contributed by atoms with Crippen molar-refractivity contribution in [3.05, 3.63) is 17.3 Å². The van der Waals surface area contributed by atoms with Gasteiger partial charge in [0, 0.05) is 0 Å². The second-order valence-electron chi connectivity index (χ2n) is 9.45. The Hall–Kier alpha value is -2.55. The lowest BCUT2D eigenvalue weighted by Crippen LogP contribution is -2.44. The van der Waals surface area contributed by atoms with Crippen molar-refractivity contribution in [1.29, 1.82) is 0 Å². The Kier molecular flexibility index (Phi) is 7.71. The highest BCUT2D eigenvalue weighted by Crippen LogP contribution is 2.29. The molecule has 1 aromatic heterocycles. The Labute approximate surface area is 182 Å². The highest BCUT2D eigenvalue weighted by Gasteiger charge is 2.35. The smallest absolute Gasteiger partial charge is 0.425 e. The first-order valence-corrected chi connectivity index (χ1v) is 9.67. The Bertz CT molecular complexity index is 778. The highest BCUT2D eigenvalue weighted by atomic mass is 35.5. The summed E-state index contributed by atoms with van der Waals surface area (Å²) in [7, 11) is 0. The summed E-state index contributed by atoms with van der Waals surface area (Å²) in [4.78, 5) is 41.9. The molecule has 0 aliphatic carbocycles. The van der Waals surface area contributed by atoms with Crippen LogP contribution in [-0.2, 0) is 14.2 Å². The zero-order valence-corrected chi connectivity index (χ0v) is 19.6. The van der Waals surface area contributed by atoms with Gasteiger partial charge in [0.15, 0.2) is 5.82 Å². The van der Waals surface area contributed by atoms with E-state index in [0.717, 1.165) is 0 Å². The molecular weight excluding hydrogens is 414 g/mol. The maximum atomic E-state index is 12.7. The number of nitrogens with zero attached hydrogens (tertiary/aromatic N) is 2. The van der Waals surface area contributed by atoms with Gasteiger partial charge in [-0.15, -0.1) is 0 Å². The summed E-state index contributed by atoms with van der Waals surface area (Å²) in [6.07, 6.45) is -1.48. The maximum Gasteiger partial charge on any atom is 0.425 e. The van der Waals surface area contributed by atoms with Crippen LogP contribution >= 0.6 is 11.6 Å². The van der Waals surface area contributed by atoms with Crippen LogP contribution in [0.1, 0.15) is 62.3 Å². The van der Waals surface area contributed by atoms with Crippen LogP contribution < -0.4 is 10.2 Å². The van der Waals surface area contributed by atoms with E-state index in [1.54, 1.807) is 62.3 Å². The first-order valence-electron chi connectivity index (χ1n) is 9.29. The molecule has 1 rings (SSSR count). The number of pyridine rings is 1. The second-order valence-corrected chi connectivity index (χ2v) is 9.86. The van der Waals surface area contributed by atoms with Gasteiger partial charge in [-0.1, -0.05) is 11.6 Å². The third kappa shape index (κ3) is 8.86. The molecule has 9 nitrogen and oxygen atoms in total. The number of amides is 3. The lowest BCUT2D eigenvalue weighted by atomic mass is 10.2. The van der Waals surface area contributed by atoms with Crippen molar-refractivity contribution < 1.29 is 28.6 Å². The Morgan fingerprint density at radius 3 is 1.67 bits per heavy atom. The largest absolute Gasteiger partial charge is 0.444 e. The molecule has 0 aromatic carbocycles. The molecule has 0 saturated carbocycles. The van der Waals surface area contributed by atoms with Crippen molar-refractivity contribution in [2.24, 2.45) is 0 Å². The molecule has 0 radical (unpaired) electrons. The summed E-state index contributed by atoms with van der Waals surface area (Å²) in [5, 5.41) is 2.40. The maximum absolute atomic E-state index is 12.7. The van der Waals surface area contributed by atoms with Gasteiger partial charge in [0.1, 0.15) is 16.8 Å². The molecule has 1 heterocycles. The molecule has 0 fully saturated rings. The van der Waals surface area contributed by atoms with Gasteiger partial charge in [0.2, 0.25) is 0 Å². The van der Waals surface area contributed by atoms with E-state index in [-0.39, 0.29) is 16.5 Å². The fraction of sp³-hybridized carbons (Fsp3) is 0.600. The topological polar surface area (TPSA) is 107 Å². The van der Waals surface area contributed by atoms with Crippen molar-refractivity contribution >= 4 is 41.4 Å². The molecule has 1 N–H and O–H groups in total. The van der Waals surface area contributed by atoms with Crippen LogP contribution in [0.4, 0.5) is 25.9 Å². The molecule has 0 aliphatic rings. The molecule has 30 heavy (non-hydrogen) atoms. The molecule has 168 valence electrons. The average molecular weight is 444 g/mol. The van der Waals surface area contributed by atoms with Crippen LogP contribution in [0.2, 0.25) is 5.02 Å². The minimum Gasteiger partial charge on any atom is -0.444 e. The molecule has 0 aliphatic heterocycles. The van der Waals surface area contributed by atoms with E-state index in [2.05, 4.69) is 10.3 Å². The van der Waals surface area contributed by atoms with Crippen molar-refractivity contribution in [2.75, 3.05) is 10.2 Å². The van der Waals surface area contributed by atoms with Gasteiger partial charge in [-0.2, -0.15) is 4.90 Å². The zero-order chi connectivity index (χ0) is 23.5. The minimum absolute atomic E-state index is 0.0831. The van der Waals surface area contributed by atoms with Gasteiger partial charge < -0.3 is 14.2 Å². The summed E-state index contributed by atoms with van der Waals surface area (Å²) < 4.78 is 15.8. The number of nitrogens with one attached hydrogen (secondary N) is 1. The summed E-state index contributed by atoms with van der Waals surface area (Å²) in [5.41, 5.74) is -2.22. The summed E-state index contributed by atoms with van der Waals surface area (Å²) in [5.74, 6) is -0.199. The van der Waals surface area contributed by atoms with Crippen molar-refractivity contribution in [3.63, 3.8) is 0 Å². The number of imide groups is 1. The first-order chi connectivity index (χ1) is 13.4. The zero-order valence-electron chi connectivity index (χ0n) is 18.9. The second kappa shape index (κ2) is 9.07. The summed E-state index contributed by atoms with van der Waals surface area (Å²) >= 11 is 6.26. The number of hydrogen-bond donors (Lipinski definition) is 1. The van der Waals surface area contributed by atoms with Crippen molar-refractivity contribution in [1.82, 2.24) is 4.98 Å². The number of ether oxygens (including phenoxy) is 3. The molecule has 0 atom stereocenters. The molecule has 3 amide bonds. The van der Waals surface area contributed by atoms with Crippen LogP contribution in [0.3, 0.4) is 0 Å². The van der Waals surface area contributed by atoms with Gasteiger partial charge in [-0.25, -0.2) is 19.4 Å². The standard InChI is InChI=1S/C20H30ClN3O6/c1-18(2,3)28-15(25)23-12-10-13(21)14(22-11-12)24(16(26)29-19(4,5)6)17(27)30-20(7,8)9/h10-11H,1-9H3,(H,23,25). The summed E-state index contributed by atoms with van der Waals surface area (Å²) in [6, 6.07) is 1.33. The molecule has 0 spiro atoms. The van der Waals surface area contributed by atoms with E-state index in [1.807, 2.05) is 0 Å². The van der Waals surface area contributed by atoms with Gasteiger partial charge >= 0.3 is 18.3 Å². The SMILES string of the molecule is CC(C)(C)OC(=O)Nc1cnc(N(C(=O)OC(C)(C)C)C(=O)OC(C)(C)C)c(Cl)c1. The van der Waals surface area contributed by atoms with E-state index in [1.165, 1.54) is 12.3 Å². The number of carbonyl (C=O) groups is 3. The Balaban J connectivity index is 3.22. The van der Waals surface area contributed by atoms with E-state index in [9.17, 15) is 14.4 Å². The van der Waals surface area contributed by atoms with Crippen molar-refractivity contribution in [2.45, 2.75) is 79.1 Å². The van der Waals surface area contributed by atoms with E-state index < -0.39 is 35.1 Å². The highest BCUT2D eigenvalue weighted by molar-refractivity contribution is 6.34. The number of rotatable bonds is 2. The van der Waals surface area contributed by atoms with Gasteiger partial charge in [-0.3, -0.25) is 5.32 Å². The number of hydrogen-bond acceptors (Lipinski definition) is 7. The van der Waals surface area contributed by atoms with E-state index >= 15 is 0 Å². The molecule has 1 aromatic rings. The predicted octanol–water partition coefficient (Wildman–Crippen LogP) is 5.76. The fourth-order valence-corrected chi connectivity index (χ4v) is 2.20. The van der Waals surface area contributed by atoms with Gasteiger partial charge in [-0.05, 0) is 68.4 Å². The lowest BCUT2D eigenvalue weighted by molar-refractivity contribution is 0.0427. The third-order valence-corrected chi connectivity index (χ3v) is 3.11. The van der Waals surface area contributed by atoms with Crippen LogP contribution in [-0.4, -0.2) is 40.1 Å². The van der Waals surface area contributed by atoms with Crippen LogP contribution in [0.25, 0.3) is 0 Å². The number of anilines is 2. The number of carbonyl (C=O) groups excluding carboxylic acids is 3. The minimum atomic E-state index is -1.00. The fourth-order valence-electron chi connectivity index (χ4n) is 1.95. The normalized spacial score (nSPS) is 12.1. The van der Waals surface area contributed by atoms with Crippen LogP contribution in [0.5, 0.6) is 0 Å². The Morgan fingerprint density at radius 2 is 1.30 bits per heavy atom. The monoisotopic (exact) mass is 443 g/mol. The van der Waals surface area contributed by atoms with E-state index in [4.69, 9.17) is 25.8 Å². The summed E-state index contributed by atoms with van der Waals surface area (Å²) in [6.45, 7) is 15.1. The molecule has 0 saturated heterocycles. The van der Waals surface area contributed by atoms with Gasteiger partial charge in [0.05, 0.1) is 16.9 Å². The molecular formula is C20H30ClN3O6. The van der Waals surface area contributed by atoms with Crippen molar-refractivity contribution in [3.8, 4) is 0 Å². The van der Waals surface area contributed by atoms with E-state index in [0.29, 0.717) is 4.90 Å². The predicted molar refractivity (Wildman–Crippen MR) is 114 cm³/mol. The number of aromatic nitrogens is 1. The average Bonchev–Trinajstić information content (AvgIpc) is 2.43.